The minimum absolute atomic E-state index is 0.110. The van der Waals surface area contributed by atoms with Gasteiger partial charge in [0.1, 0.15) is 5.82 Å². The van der Waals surface area contributed by atoms with E-state index in [-0.39, 0.29) is 10.8 Å². The van der Waals surface area contributed by atoms with Crippen LogP contribution in [0.1, 0.15) is 11.3 Å². The number of hydrogen-bond donors (Lipinski definition) is 3. The van der Waals surface area contributed by atoms with Gasteiger partial charge in [-0.15, -0.1) is 0 Å². The van der Waals surface area contributed by atoms with Crippen LogP contribution in [0, 0.1) is 6.92 Å². The number of rotatable bonds is 5. The van der Waals surface area contributed by atoms with Gasteiger partial charge in [0.25, 0.3) is 0 Å². The van der Waals surface area contributed by atoms with E-state index in [0.29, 0.717) is 18.8 Å². The van der Waals surface area contributed by atoms with Crippen molar-refractivity contribution in [3.05, 3.63) is 41.6 Å². The Kier molecular flexibility index (Phi) is 4.39. The first-order chi connectivity index (χ1) is 9.84. The van der Waals surface area contributed by atoms with E-state index >= 15 is 0 Å². The second-order valence-corrected chi connectivity index (χ2v) is 6.18. The third-order valence-electron chi connectivity index (χ3n) is 2.84. The van der Waals surface area contributed by atoms with Crippen LogP contribution in [0.2, 0.25) is 0 Å². The van der Waals surface area contributed by atoms with E-state index in [1.165, 1.54) is 12.1 Å². The number of hydrogen-bond acceptors (Lipinski definition) is 6. The number of sulfonamides is 1. The fraction of sp³-hybridized carbons (Fsp3) is 0.231. The molecular formula is C13H17N5O2S. The highest BCUT2D eigenvalue weighted by molar-refractivity contribution is 7.89. The third kappa shape index (κ3) is 4.40. The normalized spacial score (nSPS) is 11.3. The van der Waals surface area contributed by atoms with Crippen molar-refractivity contribution in [1.82, 2.24) is 9.97 Å². The SMILES string of the molecule is Cc1cc(NCCc2ccc(S(N)(=O)=O)cc2)nc(N)n1. The molecule has 1 aromatic carbocycles. The number of benzene rings is 1. The summed E-state index contributed by atoms with van der Waals surface area (Å²) in [4.78, 5) is 8.17. The van der Waals surface area contributed by atoms with Gasteiger partial charge in [-0.2, -0.15) is 4.98 Å². The van der Waals surface area contributed by atoms with Crippen molar-refractivity contribution in [2.75, 3.05) is 17.6 Å². The molecule has 0 atom stereocenters. The molecule has 0 saturated heterocycles. The van der Waals surface area contributed by atoms with Gasteiger partial charge in [0.15, 0.2) is 0 Å². The van der Waals surface area contributed by atoms with E-state index < -0.39 is 10.0 Å². The molecule has 7 nitrogen and oxygen atoms in total. The Balaban J connectivity index is 1.94. The zero-order valence-electron chi connectivity index (χ0n) is 11.6. The molecule has 0 aliphatic heterocycles. The van der Waals surface area contributed by atoms with Crippen LogP contribution in [0.5, 0.6) is 0 Å². The number of nitrogens with two attached hydrogens (primary N) is 2. The minimum Gasteiger partial charge on any atom is -0.370 e. The lowest BCUT2D eigenvalue weighted by Gasteiger charge is -2.07. The molecule has 2 rings (SSSR count). The molecule has 0 fully saturated rings. The van der Waals surface area contributed by atoms with Crippen molar-refractivity contribution in [3.63, 3.8) is 0 Å². The number of nitrogens with zero attached hydrogens (tertiary/aromatic N) is 2. The van der Waals surface area contributed by atoms with Crippen LogP contribution in [0.3, 0.4) is 0 Å². The molecule has 21 heavy (non-hydrogen) atoms. The van der Waals surface area contributed by atoms with Crippen LogP contribution in [0.4, 0.5) is 11.8 Å². The minimum atomic E-state index is -3.64. The fourth-order valence-electron chi connectivity index (χ4n) is 1.86. The zero-order valence-corrected chi connectivity index (χ0v) is 12.4. The first-order valence-electron chi connectivity index (χ1n) is 6.31. The van der Waals surface area contributed by atoms with Crippen molar-refractivity contribution in [1.29, 1.82) is 0 Å². The first-order valence-corrected chi connectivity index (χ1v) is 7.86. The lowest BCUT2D eigenvalue weighted by atomic mass is 10.1. The molecule has 1 aromatic heterocycles. The second-order valence-electron chi connectivity index (χ2n) is 4.62. The molecular weight excluding hydrogens is 290 g/mol. The van der Waals surface area contributed by atoms with Crippen LogP contribution in [0.15, 0.2) is 35.2 Å². The Morgan fingerprint density at radius 1 is 1.19 bits per heavy atom. The van der Waals surface area contributed by atoms with Gasteiger partial charge in [0.2, 0.25) is 16.0 Å². The molecule has 0 saturated carbocycles. The maximum Gasteiger partial charge on any atom is 0.238 e. The average Bonchev–Trinajstić information content (AvgIpc) is 2.37. The number of anilines is 2. The summed E-state index contributed by atoms with van der Waals surface area (Å²) < 4.78 is 22.3. The number of aryl methyl sites for hydroxylation is 1. The van der Waals surface area contributed by atoms with Gasteiger partial charge in [-0.25, -0.2) is 18.5 Å². The summed E-state index contributed by atoms with van der Waals surface area (Å²) in [6.07, 6.45) is 0.716. The number of aromatic nitrogens is 2. The van der Waals surface area contributed by atoms with Gasteiger partial charge in [-0.1, -0.05) is 12.1 Å². The van der Waals surface area contributed by atoms with Crippen molar-refractivity contribution in [2.45, 2.75) is 18.2 Å². The van der Waals surface area contributed by atoms with Gasteiger partial charge in [0, 0.05) is 18.3 Å². The van der Waals surface area contributed by atoms with Gasteiger partial charge in [-0.05, 0) is 31.0 Å². The molecule has 0 spiro atoms. The third-order valence-corrected chi connectivity index (χ3v) is 3.77. The molecule has 5 N–H and O–H groups in total. The van der Waals surface area contributed by atoms with E-state index in [1.807, 2.05) is 6.92 Å². The molecule has 0 aliphatic rings. The summed E-state index contributed by atoms with van der Waals surface area (Å²) in [5, 5.41) is 8.19. The Morgan fingerprint density at radius 2 is 1.86 bits per heavy atom. The van der Waals surface area contributed by atoms with Crippen LogP contribution in [-0.4, -0.2) is 24.9 Å². The van der Waals surface area contributed by atoms with Crippen LogP contribution >= 0.6 is 0 Å². The maximum absolute atomic E-state index is 11.1. The van der Waals surface area contributed by atoms with Crippen molar-refractivity contribution in [3.8, 4) is 0 Å². The lowest BCUT2D eigenvalue weighted by molar-refractivity contribution is 0.598. The van der Waals surface area contributed by atoms with E-state index in [9.17, 15) is 8.42 Å². The Labute approximate surface area is 123 Å². The van der Waals surface area contributed by atoms with Crippen LogP contribution in [0.25, 0.3) is 0 Å². The number of primary sulfonamides is 1. The molecule has 0 bridgehead atoms. The molecule has 2 aromatic rings. The predicted molar refractivity (Wildman–Crippen MR) is 81.2 cm³/mol. The first kappa shape index (κ1) is 15.2. The molecule has 112 valence electrons. The average molecular weight is 307 g/mol. The van der Waals surface area contributed by atoms with Gasteiger partial charge >= 0.3 is 0 Å². The van der Waals surface area contributed by atoms with E-state index in [4.69, 9.17) is 10.9 Å². The molecule has 0 aliphatic carbocycles. The monoisotopic (exact) mass is 307 g/mol. The molecule has 0 radical (unpaired) electrons. The Morgan fingerprint density at radius 3 is 2.43 bits per heavy atom. The standard InChI is InChI=1S/C13H17N5O2S/c1-9-8-12(18-13(14)17-9)16-7-6-10-2-4-11(5-3-10)21(15,19)20/h2-5,8H,6-7H2,1H3,(H2,15,19,20)(H3,14,16,17,18). The van der Waals surface area contributed by atoms with Crippen molar-refractivity contribution < 1.29 is 8.42 Å². The summed E-state index contributed by atoms with van der Waals surface area (Å²) in [5.41, 5.74) is 7.36. The predicted octanol–water partition coefficient (Wildman–Crippen LogP) is 0.669. The Hall–Kier alpha value is -2.19. The summed E-state index contributed by atoms with van der Waals surface area (Å²) >= 11 is 0. The molecule has 0 amide bonds. The van der Waals surface area contributed by atoms with Gasteiger partial charge < -0.3 is 11.1 Å². The Bertz CT molecular complexity index is 708. The van der Waals surface area contributed by atoms with Crippen LogP contribution in [-0.2, 0) is 16.4 Å². The quantitative estimate of drug-likeness (QED) is 0.745. The zero-order chi connectivity index (χ0) is 15.5. The molecule has 0 unspecified atom stereocenters. The molecule has 8 heteroatoms. The fourth-order valence-corrected chi connectivity index (χ4v) is 2.38. The van der Waals surface area contributed by atoms with E-state index in [2.05, 4.69) is 15.3 Å². The summed E-state index contributed by atoms with van der Waals surface area (Å²) in [7, 11) is -3.64. The largest absolute Gasteiger partial charge is 0.370 e. The number of nitrogens with one attached hydrogen (secondary N) is 1. The van der Waals surface area contributed by atoms with Gasteiger partial charge in [-0.3, -0.25) is 0 Å². The summed E-state index contributed by atoms with van der Waals surface area (Å²) in [5.74, 6) is 0.899. The highest BCUT2D eigenvalue weighted by atomic mass is 32.2. The number of nitrogen functional groups attached to an aromatic ring is 1. The van der Waals surface area contributed by atoms with Crippen molar-refractivity contribution in [2.24, 2.45) is 5.14 Å². The highest BCUT2D eigenvalue weighted by Crippen LogP contribution is 2.10. The maximum atomic E-state index is 11.1. The summed E-state index contributed by atoms with van der Waals surface area (Å²) in [6.45, 7) is 2.49. The van der Waals surface area contributed by atoms with Gasteiger partial charge in [0.05, 0.1) is 4.90 Å². The second kappa shape index (κ2) is 6.06. The van der Waals surface area contributed by atoms with Crippen molar-refractivity contribution >= 4 is 21.8 Å². The van der Waals surface area contributed by atoms with Crippen LogP contribution < -0.4 is 16.2 Å². The van der Waals surface area contributed by atoms with E-state index in [0.717, 1.165) is 11.3 Å². The molecule has 1 heterocycles. The topological polar surface area (TPSA) is 124 Å². The summed E-state index contributed by atoms with van der Waals surface area (Å²) in [6, 6.07) is 8.28. The smallest absolute Gasteiger partial charge is 0.238 e. The van der Waals surface area contributed by atoms with E-state index in [1.54, 1.807) is 18.2 Å². The lowest BCUT2D eigenvalue weighted by Crippen LogP contribution is -2.12. The highest BCUT2D eigenvalue weighted by Gasteiger charge is 2.06.